The van der Waals surface area contributed by atoms with Gasteiger partial charge >= 0.3 is 5.97 Å². The summed E-state index contributed by atoms with van der Waals surface area (Å²) in [5, 5.41) is 18.7. The first-order valence-electron chi connectivity index (χ1n) is 7.10. The number of nitrogens with one attached hydrogen (secondary N) is 1. The minimum absolute atomic E-state index is 0.00789. The van der Waals surface area contributed by atoms with E-state index in [0.717, 1.165) is 19.4 Å². The minimum atomic E-state index is -1.11. The number of hydrogen-bond donors (Lipinski definition) is 2. The summed E-state index contributed by atoms with van der Waals surface area (Å²) < 4.78 is 6.85. The molecule has 1 aliphatic rings. The Morgan fingerprint density at radius 3 is 2.90 bits per heavy atom. The van der Waals surface area contributed by atoms with Crippen LogP contribution < -0.4 is 5.32 Å². The Morgan fingerprint density at radius 1 is 1.52 bits per heavy atom. The monoisotopic (exact) mass is 296 g/mol. The maximum Gasteiger partial charge on any atom is 0.358 e. The van der Waals surface area contributed by atoms with Gasteiger partial charge in [0.05, 0.1) is 18.8 Å². The van der Waals surface area contributed by atoms with Gasteiger partial charge in [0.25, 0.3) is 0 Å². The molecule has 8 heteroatoms. The molecule has 0 unspecified atom stereocenters. The highest BCUT2D eigenvalue weighted by atomic mass is 16.5. The third kappa shape index (κ3) is 4.52. The summed E-state index contributed by atoms with van der Waals surface area (Å²) in [6.45, 7) is 3.50. The summed E-state index contributed by atoms with van der Waals surface area (Å²) in [7, 11) is 0. The van der Waals surface area contributed by atoms with Crippen molar-refractivity contribution < 1.29 is 19.4 Å². The third-order valence-corrected chi connectivity index (χ3v) is 3.49. The minimum Gasteiger partial charge on any atom is -0.476 e. The fourth-order valence-electron chi connectivity index (χ4n) is 2.36. The van der Waals surface area contributed by atoms with Gasteiger partial charge in [-0.15, -0.1) is 5.10 Å². The van der Waals surface area contributed by atoms with Crippen molar-refractivity contribution in [2.45, 2.75) is 38.8 Å². The van der Waals surface area contributed by atoms with E-state index in [1.165, 1.54) is 10.9 Å². The Morgan fingerprint density at radius 2 is 2.29 bits per heavy atom. The number of aromatic nitrogens is 3. The van der Waals surface area contributed by atoms with E-state index in [4.69, 9.17) is 9.84 Å². The molecule has 1 amide bonds. The highest BCUT2D eigenvalue weighted by Gasteiger charge is 2.30. The predicted molar refractivity (Wildman–Crippen MR) is 72.7 cm³/mol. The van der Waals surface area contributed by atoms with Crippen molar-refractivity contribution in [3.05, 3.63) is 11.9 Å². The molecule has 1 fully saturated rings. The average Bonchev–Trinajstić information content (AvgIpc) is 2.85. The molecule has 2 rings (SSSR count). The number of carbonyl (C=O) groups excluding carboxylic acids is 1. The van der Waals surface area contributed by atoms with Gasteiger partial charge in [-0.2, -0.15) is 0 Å². The lowest BCUT2D eigenvalue weighted by Crippen LogP contribution is -2.36. The van der Waals surface area contributed by atoms with Crippen LogP contribution in [-0.2, 0) is 16.1 Å². The first-order chi connectivity index (χ1) is 10.1. The van der Waals surface area contributed by atoms with Crippen molar-refractivity contribution in [3.63, 3.8) is 0 Å². The van der Waals surface area contributed by atoms with Crippen molar-refractivity contribution in [2.75, 3.05) is 13.2 Å². The molecule has 0 radical (unpaired) electrons. The van der Waals surface area contributed by atoms with Crippen LogP contribution in [0, 0.1) is 5.92 Å². The second-order valence-corrected chi connectivity index (χ2v) is 5.14. The van der Waals surface area contributed by atoms with Crippen LogP contribution in [0.1, 0.15) is 36.7 Å². The molecule has 1 saturated carbocycles. The highest BCUT2D eigenvalue weighted by Crippen LogP contribution is 2.32. The van der Waals surface area contributed by atoms with Gasteiger partial charge in [-0.05, 0) is 25.7 Å². The van der Waals surface area contributed by atoms with Crippen LogP contribution in [0.3, 0.4) is 0 Å². The fraction of sp³-hybridized carbons (Fsp3) is 0.692. The maximum atomic E-state index is 11.7. The molecule has 116 valence electrons. The number of ether oxygens (including phenoxy) is 1. The molecular formula is C13H20N4O4. The Kier molecular flexibility index (Phi) is 5.26. The molecule has 1 heterocycles. The topological polar surface area (TPSA) is 106 Å². The Hall–Kier alpha value is -1.96. The van der Waals surface area contributed by atoms with Crippen LogP contribution in [0.25, 0.3) is 0 Å². The van der Waals surface area contributed by atoms with Crippen molar-refractivity contribution >= 4 is 11.9 Å². The maximum absolute atomic E-state index is 11.7. The molecule has 8 nitrogen and oxygen atoms in total. The van der Waals surface area contributed by atoms with Gasteiger partial charge in [0, 0.05) is 19.6 Å². The molecule has 2 N–H and O–H groups in total. The molecule has 1 aromatic heterocycles. The average molecular weight is 296 g/mol. The van der Waals surface area contributed by atoms with Gasteiger partial charge in [-0.1, -0.05) is 5.21 Å². The van der Waals surface area contributed by atoms with Gasteiger partial charge in [-0.3, -0.25) is 4.79 Å². The zero-order valence-corrected chi connectivity index (χ0v) is 12.0. The summed E-state index contributed by atoms with van der Waals surface area (Å²) in [5.41, 5.74) is -0.0993. The smallest absolute Gasteiger partial charge is 0.358 e. The molecule has 0 aliphatic heterocycles. The van der Waals surface area contributed by atoms with E-state index >= 15 is 0 Å². The second-order valence-electron chi connectivity index (χ2n) is 5.14. The van der Waals surface area contributed by atoms with Crippen molar-refractivity contribution in [2.24, 2.45) is 5.92 Å². The van der Waals surface area contributed by atoms with Crippen LogP contribution >= 0.6 is 0 Å². The lowest BCUT2D eigenvalue weighted by atomic mass is 9.80. The Bertz CT molecular complexity index is 496. The van der Waals surface area contributed by atoms with Crippen LogP contribution in [0.2, 0.25) is 0 Å². The second kappa shape index (κ2) is 7.16. The summed E-state index contributed by atoms with van der Waals surface area (Å²) in [5.74, 6) is -0.695. The standard InChI is InChI=1S/C13H20N4O4/c1-2-21-10-5-9(6-10)7-12(18)14-3-4-17-8-11(13(19)20)15-16-17/h8-10H,2-7H2,1H3,(H,14,18)(H,19,20). The van der Waals surface area contributed by atoms with Gasteiger partial charge < -0.3 is 15.2 Å². The van der Waals surface area contributed by atoms with Crippen LogP contribution in [0.5, 0.6) is 0 Å². The Balaban J connectivity index is 1.60. The SMILES string of the molecule is CCOC1CC(CC(=O)NCCn2cc(C(=O)O)nn2)C1. The number of carboxylic acids is 1. The largest absolute Gasteiger partial charge is 0.476 e. The number of rotatable bonds is 8. The van der Waals surface area contributed by atoms with Gasteiger partial charge in [0.15, 0.2) is 5.69 Å². The van der Waals surface area contributed by atoms with Crippen LogP contribution in [-0.4, -0.2) is 51.2 Å². The summed E-state index contributed by atoms with van der Waals surface area (Å²) in [4.78, 5) is 22.4. The summed E-state index contributed by atoms with van der Waals surface area (Å²) in [6.07, 6.45) is 4.07. The molecule has 0 spiro atoms. The van der Waals surface area contributed by atoms with Crippen LogP contribution in [0.4, 0.5) is 0 Å². The molecule has 0 aromatic carbocycles. The van der Waals surface area contributed by atoms with Crippen molar-refractivity contribution in [1.82, 2.24) is 20.3 Å². The molecular weight excluding hydrogens is 276 g/mol. The van der Waals surface area contributed by atoms with E-state index in [9.17, 15) is 9.59 Å². The van der Waals surface area contributed by atoms with Crippen molar-refractivity contribution in [1.29, 1.82) is 0 Å². The Labute approximate surface area is 122 Å². The van der Waals surface area contributed by atoms with Gasteiger partial charge in [-0.25, -0.2) is 9.48 Å². The zero-order valence-electron chi connectivity index (χ0n) is 12.0. The number of nitrogens with zero attached hydrogens (tertiary/aromatic N) is 3. The van der Waals surface area contributed by atoms with Crippen molar-refractivity contribution in [3.8, 4) is 0 Å². The first kappa shape index (κ1) is 15.4. The molecule has 21 heavy (non-hydrogen) atoms. The fourth-order valence-corrected chi connectivity index (χ4v) is 2.36. The molecule has 0 bridgehead atoms. The van der Waals surface area contributed by atoms with Gasteiger partial charge in [0.2, 0.25) is 5.91 Å². The zero-order chi connectivity index (χ0) is 15.2. The number of amides is 1. The number of aromatic carboxylic acids is 1. The summed E-state index contributed by atoms with van der Waals surface area (Å²) in [6, 6.07) is 0. The normalized spacial score (nSPS) is 20.8. The van der Waals surface area contributed by atoms with Gasteiger partial charge in [0.1, 0.15) is 0 Å². The lowest BCUT2D eigenvalue weighted by Gasteiger charge is -2.34. The predicted octanol–water partition coefficient (Wildman–Crippen LogP) is 0.298. The van der Waals surface area contributed by atoms with E-state index in [1.807, 2.05) is 6.92 Å². The van der Waals surface area contributed by atoms with Crippen LogP contribution in [0.15, 0.2) is 6.20 Å². The number of hydrogen-bond acceptors (Lipinski definition) is 5. The molecule has 1 aromatic rings. The van der Waals surface area contributed by atoms with E-state index < -0.39 is 5.97 Å². The van der Waals surface area contributed by atoms with E-state index in [-0.39, 0.29) is 11.6 Å². The number of carbonyl (C=O) groups is 2. The molecule has 0 saturated heterocycles. The highest BCUT2D eigenvalue weighted by molar-refractivity contribution is 5.84. The molecule has 0 atom stereocenters. The quantitative estimate of drug-likeness (QED) is 0.714. The molecule has 1 aliphatic carbocycles. The first-order valence-corrected chi connectivity index (χ1v) is 7.10. The lowest BCUT2D eigenvalue weighted by molar-refractivity contribution is -0.124. The number of carboxylic acid groups (broad SMARTS) is 1. The summed E-state index contributed by atoms with van der Waals surface area (Å²) >= 11 is 0. The van der Waals surface area contributed by atoms with E-state index in [2.05, 4.69) is 15.6 Å². The third-order valence-electron chi connectivity index (χ3n) is 3.49. The van der Waals surface area contributed by atoms with E-state index in [0.29, 0.717) is 31.5 Å². The van der Waals surface area contributed by atoms with E-state index in [1.54, 1.807) is 0 Å².